The molecule has 1 amide bonds. The lowest BCUT2D eigenvalue weighted by Crippen LogP contribution is -2.57. The van der Waals surface area contributed by atoms with Crippen LogP contribution in [0.1, 0.15) is 18.9 Å². The molecule has 1 heterocycles. The smallest absolute Gasteiger partial charge is 0.237 e. The van der Waals surface area contributed by atoms with Gasteiger partial charge in [0.15, 0.2) is 0 Å². The van der Waals surface area contributed by atoms with E-state index in [-0.39, 0.29) is 11.9 Å². The van der Waals surface area contributed by atoms with Crippen LogP contribution in [0.5, 0.6) is 0 Å². The zero-order chi connectivity index (χ0) is 16.1. The predicted molar refractivity (Wildman–Crippen MR) is 91.7 cm³/mol. The molecule has 1 aromatic rings. The molecule has 2 N–H and O–H groups in total. The molecule has 1 saturated heterocycles. The highest BCUT2D eigenvalue weighted by Gasteiger charge is 2.29. The number of halogens is 2. The highest BCUT2D eigenvalue weighted by atomic mass is 35.5. The van der Waals surface area contributed by atoms with Gasteiger partial charge < -0.3 is 10.6 Å². The van der Waals surface area contributed by atoms with Crippen molar-refractivity contribution >= 4 is 29.1 Å². The van der Waals surface area contributed by atoms with E-state index < -0.39 is 0 Å². The average Bonchev–Trinajstić information content (AvgIpc) is 2.55. The molecule has 0 aromatic heterocycles. The van der Waals surface area contributed by atoms with Crippen LogP contribution in [0, 0.1) is 0 Å². The van der Waals surface area contributed by atoms with Crippen molar-refractivity contribution in [1.82, 2.24) is 15.5 Å². The van der Waals surface area contributed by atoms with Crippen LogP contribution in [0.15, 0.2) is 18.2 Å². The summed E-state index contributed by atoms with van der Waals surface area (Å²) in [6.45, 7) is 4.83. The summed E-state index contributed by atoms with van der Waals surface area (Å²) in [6, 6.07) is 5.82. The third-order valence-electron chi connectivity index (χ3n) is 4.18. The summed E-state index contributed by atoms with van der Waals surface area (Å²) in [5, 5.41) is 7.33. The average molecular weight is 344 g/mol. The van der Waals surface area contributed by atoms with Crippen LogP contribution in [-0.4, -0.2) is 49.6 Å². The van der Waals surface area contributed by atoms with Gasteiger partial charge in [-0.25, -0.2) is 0 Å². The number of carbonyl (C=O) groups is 1. The fourth-order valence-corrected chi connectivity index (χ4v) is 3.17. The summed E-state index contributed by atoms with van der Waals surface area (Å²) in [5.41, 5.74) is 1.02. The fraction of sp³-hybridized carbons (Fsp3) is 0.562. The molecule has 1 aromatic carbocycles. The lowest BCUT2D eigenvalue weighted by Gasteiger charge is -2.38. The van der Waals surface area contributed by atoms with Crippen LogP contribution < -0.4 is 10.6 Å². The molecule has 2 atom stereocenters. The summed E-state index contributed by atoms with van der Waals surface area (Å²) in [6.07, 6.45) is 1.69. The van der Waals surface area contributed by atoms with Crippen molar-refractivity contribution in [3.05, 3.63) is 33.8 Å². The Bertz CT molecular complexity index is 524. The van der Waals surface area contributed by atoms with Crippen molar-refractivity contribution in [3.63, 3.8) is 0 Å². The summed E-state index contributed by atoms with van der Waals surface area (Å²) in [7, 11) is 1.68. The van der Waals surface area contributed by atoms with E-state index in [1.165, 1.54) is 0 Å². The third kappa shape index (κ3) is 4.35. The van der Waals surface area contributed by atoms with Gasteiger partial charge in [-0.3, -0.25) is 9.69 Å². The topological polar surface area (TPSA) is 44.4 Å². The molecular weight excluding hydrogens is 321 g/mol. The van der Waals surface area contributed by atoms with Gasteiger partial charge in [0, 0.05) is 32.7 Å². The second kappa shape index (κ2) is 8.16. The zero-order valence-corrected chi connectivity index (χ0v) is 14.5. The van der Waals surface area contributed by atoms with Crippen molar-refractivity contribution in [2.75, 3.05) is 26.7 Å². The summed E-state index contributed by atoms with van der Waals surface area (Å²) in [5.74, 6) is 0.0443. The first-order valence-corrected chi connectivity index (χ1v) is 8.43. The monoisotopic (exact) mass is 343 g/mol. The van der Waals surface area contributed by atoms with Crippen LogP contribution in [0.25, 0.3) is 0 Å². The van der Waals surface area contributed by atoms with Gasteiger partial charge in [0.2, 0.25) is 5.91 Å². The minimum atomic E-state index is -0.182. The van der Waals surface area contributed by atoms with Crippen molar-refractivity contribution in [2.45, 2.75) is 31.8 Å². The molecule has 22 heavy (non-hydrogen) atoms. The van der Waals surface area contributed by atoms with E-state index in [0.29, 0.717) is 22.5 Å². The Balaban J connectivity index is 2.15. The van der Waals surface area contributed by atoms with Gasteiger partial charge in [-0.1, -0.05) is 36.2 Å². The van der Waals surface area contributed by atoms with Crippen molar-refractivity contribution in [3.8, 4) is 0 Å². The molecule has 1 aliphatic rings. The predicted octanol–water partition coefficient (Wildman–Crippen LogP) is 2.33. The largest absolute Gasteiger partial charge is 0.358 e. The van der Waals surface area contributed by atoms with Crippen LogP contribution in [0.3, 0.4) is 0 Å². The van der Waals surface area contributed by atoms with E-state index in [0.717, 1.165) is 31.6 Å². The van der Waals surface area contributed by atoms with Gasteiger partial charge >= 0.3 is 0 Å². The molecule has 1 fully saturated rings. The number of carbonyl (C=O) groups excluding carboxylic acids is 1. The fourth-order valence-electron chi connectivity index (χ4n) is 2.85. The van der Waals surface area contributed by atoms with Crippen LogP contribution in [0.4, 0.5) is 0 Å². The molecule has 122 valence electrons. The lowest BCUT2D eigenvalue weighted by molar-refractivity contribution is -0.126. The Kier molecular flexibility index (Phi) is 6.50. The summed E-state index contributed by atoms with van der Waals surface area (Å²) >= 11 is 12.0. The van der Waals surface area contributed by atoms with E-state index in [1.54, 1.807) is 13.1 Å². The highest BCUT2D eigenvalue weighted by molar-refractivity contribution is 6.42. The quantitative estimate of drug-likeness (QED) is 0.862. The van der Waals surface area contributed by atoms with Crippen LogP contribution in [-0.2, 0) is 11.2 Å². The molecule has 2 rings (SSSR count). The molecule has 0 bridgehead atoms. The van der Waals surface area contributed by atoms with Gasteiger partial charge in [-0.2, -0.15) is 0 Å². The van der Waals surface area contributed by atoms with E-state index >= 15 is 0 Å². The SMILES string of the molecule is CCC1CN(C(Cc2ccc(Cl)c(Cl)c2)C(=O)NC)CCN1. The van der Waals surface area contributed by atoms with Gasteiger partial charge in [0.05, 0.1) is 16.1 Å². The number of amides is 1. The van der Waals surface area contributed by atoms with Crippen molar-refractivity contribution in [2.24, 2.45) is 0 Å². The summed E-state index contributed by atoms with van der Waals surface area (Å²) in [4.78, 5) is 14.6. The van der Waals surface area contributed by atoms with E-state index in [2.05, 4.69) is 22.5 Å². The molecule has 0 saturated carbocycles. The Morgan fingerprint density at radius 3 is 2.86 bits per heavy atom. The van der Waals surface area contributed by atoms with E-state index in [9.17, 15) is 4.79 Å². The standard InChI is InChI=1S/C16H23Cl2N3O/c1-3-12-10-21(7-6-20-12)15(16(22)19-2)9-11-4-5-13(17)14(18)8-11/h4-5,8,12,15,20H,3,6-7,9-10H2,1-2H3,(H,19,22). The maximum Gasteiger partial charge on any atom is 0.237 e. The maximum absolute atomic E-state index is 12.3. The van der Waals surface area contributed by atoms with Crippen molar-refractivity contribution in [1.29, 1.82) is 0 Å². The molecule has 6 heteroatoms. The molecule has 0 radical (unpaired) electrons. The second-order valence-electron chi connectivity index (χ2n) is 5.64. The van der Waals surface area contributed by atoms with Gasteiger partial charge in [0.1, 0.15) is 0 Å². The van der Waals surface area contributed by atoms with Crippen LogP contribution >= 0.6 is 23.2 Å². The first-order chi connectivity index (χ1) is 10.5. The Morgan fingerprint density at radius 1 is 1.45 bits per heavy atom. The Labute approximate surface area is 142 Å². The molecule has 1 aliphatic heterocycles. The van der Waals surface area contributed by atoms with Gasteiger partial charge in [-0.05, 0) is 30.5 Å². The maximum atomic E-state index is 12.3. The Hall–Kier alpha value is -0.810. The minimum Gasteiger partial charge on any atom is -0.358 e. The van der Waals surface area contributed by atoms with Crippen molar-refractivity contribution < 1.29 is 4.79 Å². The van der Waals surface area contributed by atoms with E-state index in [1.807, 2.05) is 12.1 Å². The number of piperazine rings is 1. The normalized spacial score (nSPS) is 20.6. The third-order valence-corrected chi connectivity index (χ3v) is 4.92. The summed E-state index contributed by atoms with van der Waals surface area (Å²) < 4.78 is 0. The molecule has 2 unspecified atom stereocenters. The van der Waals surface area contributed by atoms with E-state index in [4.69, 9.17) is 23.2 Å². The van der Waals surface area contributed by atoms with Crippen LogP contribution in [0.2, 0.25) is 10.0 Å². The lowest BCUT2D eigenvalue weighted by atomic mass is 10.0. The zero-order valence-electron chi connectivity index (χ0n) is 13.0. The first-order valence-electron chi connectivity index (χ1n) is 7.68. The molecule has 4 nitrogen and oxygen atoms in total. The number of hydrogen-bond acceptors (Lipinski definition) is 3. The molecular formula is C16H23Cl2N3O. The number of nitrogens with zero attached hydrogens (tertiary/aromatic N) is 1. The second-order valence-corrected chi connectivity index (χ2v) is 6.45. The number of likely N-dealkylation sites (N-methyl/N-ethyl adjacent to an activating group) is 1. The number of rotatable bonds is 5. The first kappa shape index (κ1) is 17.5. The molecule has 0 aliphatic carbocycles. The van der Waals surface area contributed by atoms with Gasteiger partial charge in [-0.15, -0.1) is 0 Å². The minimum absolute atomic E-state index is 0.0443. The number of benzene rings is 1. The molecule has 0 spiro atoms. The number of nitrogens with one attached hydrogen (secondary N) is 2. The highest BCUT2D eigenvalue weighted by Crippen LogP contribution is 2.24. The Morgan fingerprint density at radius 2 is 2.23 bits per heavy atom. The van der Waals surface area contributed by atoms with Gasteiger partial charge in [0.25, 0.3) is 0 Å². The number of hydrogen-bond donors (Lipinski definition) is 2.